The molecule has 1 aromatic rings. The molecule has 0 heterocycles. The summed E-state index contributed by atoms with van der Waals surface area (Å²) in [5.74, 6) is -0.332. The molecule has 6 heteroatoms. The number of benzene rings is 1. The Kier molecular flexibility index (Phi) is 6.26. The standard InChI is InChI=1S/C15H19NO5/c1-10(2)16-14(17)9-21-13-6-5-12(20-3)8-11(13)4-7-15(18)19/h4-8,10H,9H2,1-3H3,(H,16,17)(H,18,19)/b7-4+. The summed E-state index contributed by atoms with van der Waals surface area (Å²) in [6, 6.07) is 4.97. The lowest BCUT2D eigenvalue weighted by atomic mass is 10.1. The van der Waals surface area contributed by atoms with E-state index in [1.54, 1.807) is 18.2 Å². The lowest BCUT2D eigenvalue weighted by molar-refractivity contribution is -0.131. The van der Waals surface area contributed by atoms with Gasteiger partial charge in [0.15, 0.2) is 6.61 Å². The minimum absolute atomic E-state index is 0.0309. The van der Waals surface area contributed by atoms with Gasteiger partial charge in [0.2, 0.25) is 0 Å². The zero-order chi connectivity index (χ0) is 15.8. The van der Waals surface area contributed by atoms with Gasteiger partial charge in [0.05, 0.1) is 7.11 Å². The van der Waals surface area contributed by atoms with Crippen LogP contribution < -0.4 is 14.8 Å². The van der Waals surface area contributed by atoms with Crippen molar-refractivity contribution in [1.82, 2.24) is 5.32 Å². The van der Waals surface area contributed by atoms with Gasteiger partial charge in [-0.15, -0.1) is 0 Å². The van der Waals surface area contributed by atoms with Crippen molar-refractivity contribution in [1.29, 1.82) is 0 Å². The van der Waals surface area contributed by atoms with Crippen LogP contribution in [0.1, 0.15) is 19.4 Å². The number of carbonyl (C=O) groups is 2. The predicted octanol–water partition coefficient (Wildman–Crippen LogP) is 1.70. The van der Waals surface area contributed by atoms with E-state index in [1.807, 2.05) is 13.8 Å². The highest BCUT2D eigenvalue weighted by molar-refractivity contribution is 5.86. The molecule has 0 saturated carbocycles. The van der Waals surface area contributed by atoms with Crippen molar-refractivity contribution in [3.8, 4) is 11.5 Å². The fourth-order valence-corrected chi connectivity index (χ4v) is 1.58. The van der Waals surface area contributed by atoms with Gasteiger partial charge in [-0.1, -0.05) is 0 Å². The van der Waals surface area contributed by atoms with Crippen LogP contribution in [0.3, 0.4) is 0 Å². The minimum atomic E-state index is -1.07. The maximum Gasteiger partial charge on any atom is 0.328 e. The first-order valence-corrected chi connectivity index (χ1v) is 6.43. The number of amides is 1. The van der Waals surface area contributed by atoms with Gasteiger partial charge in [0.1, 0.15) is 11.5 Å². The molecule has 114 valence electrons. The van der Waals surface area contributed by atoms with Crippen LogP contribution in [-0.2, 0) is 9.59 Å². The highest BCUT2D eigenvalue weighted by atomic mass is 16.5. The lowest BCUT2D eigenvalue weighted by Crippen LogP contribution is -2.34. The fourth-order valence-electron chi connectivity index (χ4n) is 1.58. The summed E-state index contributed by atoms with van der Waals surface area (Å²) in [5, 5.41) is 11.4. The molecule has 0 unspecified atom stereocenters. The minimum Gasteiger partial charge on any atom is -0.497 e. The molecule has 0 aromatic heterocycles. The Morgan fingerprint density at radius 3 is 2.67 bits per heavy atom. The third-order valence-electron chi connectivity index (χ3n) is 2.43. The number of methoxy groups -OCH3 is 1. The molecule has 0 aliphatic carbocycles. The summed E-state index contributed by atoms with van der Waals surface area (Å²) >= 11 is 0. The molecule has 0 atom stereocenters. The van der Waals surface area contributed by atoms with Crippen LogP contribution >= 0.6 is 0 Å². The number of aliphatic carboxylic acids is 1. The third kappa shape index (κ3) is 5.99. The van der Waals surface area contributed by atoms with Gasteiger partial charge in [-0.2, -0.15) is 0 Å². The molecule has 1 rings (SSSR count). The Hall–Kier alpha value is -2.50. The predicted molar refractivity (Wildman–Crippen MR) is 78.4 cm³/mol. The van der Waals surface area contributed by atoms with Crippen LogP contribution in [0.5, 0.6) is 11.5 Å². The van der Waals surface area contributed by atoms with Crippen molar-refractivity contribution in [3.05, 3.63) is 29.8 Å². The lowest BCUT2D eigenvalue weighted by Gasteiger charge is -2.12. The zero-order valence-electron chi connectivity index (χ0n) is 12.3. The maximum absolute atomic E-state index is 11.6. The monoisotopic (exact) mass is 293 g/mol. The highest BCUT2D eigenvalue weighted by Crippen LogP contribution is 2.25. The Labute approximate surface area is 123 Å². The Morgan fingerprint density at radius 2 is 2.10 bits per heavy atom. The molecule has 1 amide bonds. The Balaban J connectivity index is 2.85. The topological polar surface area (TPSA) is 84.9 Å². The summed E-state index contributed by atoms with van der Waals surface area (Å²) in [6.07, 6.45) is 2.39. The highest BCUT2D eigenvalue weighted by Gasteiger charge is 2.08. The number of hydrogen-bond acceptors (Lipinski definition) is 4. The van der Waals surface area contributed by atoms with E-state index in [-0.39, 0.29) is 18.6 Å². The van der Waals surface area contributed by atoms with E-state index >= 15 is 0 Å². The van der Waals surface area contributed by atoms with Crippen LogP contribution in [0, 0.1) is 0 Å². The second-order valence-electron chi connectivity index (χ2n) is 4.59. The molecule has 1 aromatic carbocycles. The van der Waals surface area contributed by atoms with Crippen molar-refractivity contribution in [2.24, 2.45) is 0 Å². The average Bonchev–Trinajstić information content (AvgIpc) is 2.42. The number of carbonyl (C=O) groups excluding carboxylic acids is 1. The molecule has 0 aliphatic rings. The number of hydrogen-bond donors (Lipinski definition) is 2. The Bertz CT molecular complexity index is 537. The smallest absolute Gasteiger partial charge is 0.328 e. The van der Waals surface area contributed by atoms with Gasteiger partial charge < -0.3 is 19.9 Å². The number of ether oxygens (including phenoxy) is 2. The number of nitrogens with one attached hydrogen (secondary N) is 1. The van der Waals surface area contributed by atoms with E-state index in [1.165, 1.54) is 13.2 Å². The van der Waals surface area contributed by atoms with E-state index in [4.69, 9.17) is 14.6 Å². The first-order valence-electron chi connectivity index (χ1n) is 6.43. The molecular formula is C15H19NO5. The molecule has 0 aliphatic heterocycles. The molecule has 21 heavy (non-hydrogen) atoms. The van der Waals surface area contributed by atoms with E-state index in [9.17, 15) is 9.59 Å². The van der Waals surface area contributed by atoms with Gasteiger partial charge in [-0.25, -0.2) is 4.79 Å². The van der Waals surface area contributed by atoms with Crippen LogP contribution in [0.2, 0.25) is 0 Å². The molecular weight excluding hydrogens is 274 g/mol. The second kappa shape index (κ2) is 7.94. The first kappa shape index (κ1) is 16.6. The van der Waals surface area contributed by atoms with Crippen LogP contribution in [0.15, 0.2) is 24.3 Å². The van der Waals surface area contributed by atoms with E-state index in [0.29, 0.717) is 17.1 Å². The molecule has 0 saturated heterocycles. The van der Waals surface area contributed by atoms with Crippen molar-refractivity contribution in [3.63, 3.8) is 0 Å². The van der Waals surface area contributed by atoms with Gasteiger partial charge in [0, 0.05) is 17.7 Å². The van der Waals surface area contributed by atoms with E-state index < -0.39 is 5.97 Å². The van der Waals surface area contributed by atoms with Crippen molar-refractivity contribution in [2.75, 3.05) is 13.7 Å². The molecule has 0 radical (unpaired) electrons. The van der Waals surface area contributed by atoms with Gasteiger partial charge in [0.25, 0.3) is 5.91 Å². The summed E-state index contributed by atoms with van der Waals surface area (Å²) in [7, 11) is 1.51. The zero-order valence-corrected chi connectivity index (χ0v) is 12.3. The first-order chi connectivity index (χ1) is 9.92. The molecule has 0 spiro atoms. The van der Waals surface area contributed by atoms with Crippen LogP contribution in [0.4, 0.5) is 0 Å². The number of carboxylic acid groups (broad SMARTS) is 1. The normalized spacial score (nSPS) is 10.7. The van der Waals surface area contributed by atoms with Crippen molar-refractivity contribution < 1.29 is 24.2 Å². The number of carboxylic acids is 1. The van der Waals surface area contributed by atoms with Gasteiger partial charge in [-0.3, -0.25) is 4.79 Å². The fraction of sp³-hybridized carbons (Fsp3) is 0.333. The van der Waals surface area contributed by atoms with Crippen molar-refractivity contribution in [2.45, 2.75) is 19.9 Å². The third-order valence-corrected chi connectivity index (χ3v) is 2.43. The van der Waals surface area contributed by atoms with Gasteiger partial charge >= 0.3 is 5.97 Å². The molecule has 6 nitrogen and oxygen atoms in total. The quantitative estimate of drug-likeness (QED) is 0.747. The summed E-state index contributed by atoms with van der Waals surface area (Å²) < 4.78 is 10.5. The van der Waals surface area contributed by atoms with Gasteiger partial charge in [-0.05, 0) is 38.1 Å². The summed E-state index contributed by atoms with van der Waals surface area (Å²) in [5.41, 5.74) is 0.522. The van der Waals surface area contributed by atoms with Crippen LogP contribution in [0.25, 0.3) is 6.08 Å². The second-order valence-corrected chi connectivity index (χ2v) is 4.59. The molecule has 0 fully saturated rings. The summed E-state index contributed by atoms with van der Waals surface area (Å²) in [6.45, 7) is 3.57. The summed E-state index contributed by atoms with van der Waals surface area (Å²) in [4.78, 5) is 22.2. The maximum atomic E-state index is 11.6. The van der Waals surface area contributed by atoms with E-state index in [2.05, 4.69) is 5.32 Å². The average molecular weight is 293 g/mol. The SMILES string of the molecule is COc1ccc(OCC(=O)NC(C)C)c(/C=C/C(=O)O)c1. The molecule has 0 bridgehead atoms. The van der Waals surface area contributed by atoms with Crippen LogP contribution in [-0.4, -0.2) is 36.7 Å². The molecule has 2 N–H and O–H groups in total. The van der Waals surface area contributed by atoms with Crippen molar-refractivity contribution >= 4 is 18.0 Å². The largest absolute Gasteiger partial charge is 0.497 e. The Morgan fingerprint density at radius 1 is 1.38 bits per heavy atom. The number of rotatable bonds is 7. The van der Waals surface area contributed by atoms with E-state index in [0.717, 1.165) is 6.08 Å².